The first kappa shape index (κ1) is 16.9. The van der Waals surface area contributed by atoms with Gasteiger partial charge in [-0.3, -0.25) is 4.68 Å². The first-order valence-corrected chi connectivity index (χ1v) is 9.99. The number of hydrogen-bond donors (Lipinski definition) is 1. The van der Waals surface area contributed by atoms with E-state index in [2.05, 4.69) is 15.3 Å². The SMILES string of the molecule is O=C(Nc1cnn(C[C@H]2CCCO2)c1)N(CC1CC1)C1CCCCC1. The Bertz CT molecular complexity index is 572. The molecule has 4 rings (SSSR count). The summed E-state index contributed by atoms with van der Waals surface area (Å²) < 4.78 is 7.55. The summed E-state index contributed by atoms with van der Waals surface area (Å²) in [4.78, 5) is 15.0. The molecule has 138 valence electrons. The highest BCUT2D eigenvalue weighted by Gasteiger charge is 2.32. The highest BCUT2D eigenvalue weighted by molar-refractivity contribution is 5.89. The maximum Gasteiger partial charge on any atom is 0.322 e. The van der Waals surface area contributed by atoms with Crippen molar-refractivity contribution in [2.24, 2.45) is 5.92 Å². The average molecular weight is 346 g/mol. The van der Waals surface area contributed by atoms with Crippen molar-refractivity contribution in [1.82, 2.24) is 14.7 Å². The van der Waals surface area contributed by atoms with E-state index >= 15 is 0 Å². The number of aromatic nitrogens is 2. The van der Waals surface area contributed by atoms with E-state index in [-0.39, 0.29) is 12.1 Å². The summed E-state index contributed by atoms with van der Waals surface area (Å²) in [6.45, 7) is 2.54. The third-order valence-electron chi connectivity index (χ3n) is 5.73. The van der Waals surface area contributed by atoms with Crippen LogP contribution in [-0.2, 0) is 11.3 Å². The van der Waals surface area contributed by atoms with Crippen LogP contribution in [0.4, 0.5) is 10.5 Å². The Morgan fingerprint density at radius 3 is 2.76 bits per heavy atom. The van der Waals surface area contributed by atoms with E-state index in [9.17, 15) is 4.79 Å². The Labute approximate surface area is 149 Å². The highest BCUT2D eigenvalue weighted by Crippen LogP contribution is 2.33. The second-order valence-electron chi connectivity index (χ2n) is 7.90. The van der Waals surface area contributed by atoms with Crippen molar-refractivity contribution in [2.45, 2.75) is 76.5 Å². The van der Waals surface area contributed by atoms with Gasteiger partial charge in [0.15, 0.2) is 0 Å². The summed E-state index contributed by atoms with van der Waals surface area (Å²) in [6, 6.07) is 0.465. The zero-order valence-corrected chi connectivity index (χ0v) is 15.0. The lowest BCUT2D eigenvalue weighted by molar-refractivity contribution is 0.0940. The molecule has 0 aromatic carbocycles. The highest BCUT2D eigenvalue weighted by atomic mass is 16.5. The van der Waals surface area contributed by atoms with E-state index in [1.807, 2.05) is 10.9 Å². The second kappa shape index (κ2) is 7.77. The van der Waals surface area contributed by atoms with Crippen LogP contribution in [0, 0.1) is 5.92 Å². The fourth-order valence-corrected chi connectivity index (χ4v) is 4.09. The van der Waals surface area contributed by atoms with Gasteiger partial charge in [-0.2, -0.15) is 5.10 Å². The number of amides is 2. The van der Waals surface area contributed by atoms with Crippen LogP contribution in [0.5, 0.6) is 0 Å². The lowest BCUT2D eigenvalue weighted by atomic mass is 9.94. The molecule has 2 saturated carbocycles. The van der Waals surface area contributed by atoms with Crippen molar-refractivity contribution < 1.29 is 9.53 Å². The van der Waals surface area contributed by atoms with Crippen LogP contribution in [0.15, 0.2) is 12.4 Å². The quantitative estimate of drug-likeness (QED) is 0.855. The summed E-state index contributed by atoms with van der Waals surface area (Å²) in [7, 11) is 0. The van der Waals surface area contributed by atoms with Gasteiger partial charge in [0.1, 0.15) is 0 Å². The molecule has 1 atom stereocenters. The monoisotopic (exact) mass is 346 g/mol. The van der Waals surface area contributed by atoms with Crippen molar-refractivity contribution >= 4 is 11.7 Å². The predicted molar refractivity (Wildman–Crippen MR) is 96.5 cm³/mol. The smallest absolute Gasteiger partial charge is 0.322 e. The molecule has 1 aromatic heterocycles. The number of hydrogen-bond acceptors (Lipinski definition) is 3. The molecule has 2 amide bonds. The number of carbonyl (C=O) groups is 1. The summed E-state index contributed by atoms with van der Waals surface area (Å²) in [6.07, 6.45) is 14.8. The van der Waals surface area contributed by atoms with E-state index in [1.54, 1.807) is 6.20 Å². The van der Waals surface area contributed by atoms with Gasteiger partial charge >= 0.3 is 6.03 Å². The van der Waals surface area contributed by atoms with Crippen LogP contribution in [0.2, 0.25) is 0 Å². The minimum absolute atomic E-state index is 0.0514. The average Bonchev–Trinajstić information content (AvgIpc) is 3.11. The molecule has 2 aliphatic carbocycles. The lowest BCUT2D eigenvalue weighted by Gasteiger charge is -2.34. The number of rotatable bonds is 6. The summed E-state index contributed by atoms with van der Waals surface area (Å²) in [5.41, 5.74) is 0.791. The fraction of sp³-hybridized carbons (Fsp3) is 0.789. The van der Waals surface area contributed by atoms with Crippen molar-refractivity contribution in [3.05, 3.63) is 12.4 Å². The molecule has 0 spiro atoms. The molecule has 1 N–H and O–H groups in total. The number of anilines is 1. The number of nitrogens with zero attached hydrogens (tertiary/aromatic N) is 3. The maximum absolute atomic E-state index is 12.9. The van der Waals surface area contributed by atoms with Gasteiger partial charge < -0.3 is 15.0 Å². The Hall–Kier alpha value is -1.56. The minimum Gasteiger partial charge on any atom is -0.376 e. The number of urea groups is 1. The Morgan fingerprint density at radius 1 is 1.20 bits per heavy atom. The van der Waals surface area contributed by atoms with Crippen LogP contribution in [0.3, 0.4) is 0 Å². The predicted octanol–water partition coefficient (Wildman–Crippen LogP) is 3.64. The number of carbonyl (C=O) groups excluding carboxylic acids is 1. The molecule has 0 unspecified atom stereocenters. The summed E-state index contributed by atoms with van der Waals surface area (Å²) >= 11 is 0. The van der Waals surface area contributed by atoms with Crippen molar-refractivity contribution in [3.8, 4) is 0 Å². The zero-order valence-electron chi connectivity index (χ0n) is 15.0. The molecule has 2 heterocycles. The van der Waals surface area contributed by atoms with Crippen LogP contribution >= 0.6 is 0 Å². The third-order valence-corrected chi connectivity index (χ3v) is 5.73. The molecule has 6 heteroatoms. The van der Waals surface area contributed by atoms with E-state index < -0.39 is 0 Å². The first-order chi connectivity index (χ1) is 12.3. The fourth-order valence-electron chi connectivity index (χ4n) is 4.09. The molecule has 25 heavy (non-hydrogen) atoms. The maximum atomic E-state index is 12.9. The van der Waals surface area contributed by atoms with Gasteiger partial charge in [0.2, 0.25) is 0 Å². The van der Waals surface area contributed by atoms with Crippen LogP contribution < -0.4 is 5.32 Å². The topological polar surface area (TPSA) is 59.4 Å². The third kappa shape index (κ3) is 4.54. The summed E-state index contributed by atoms with van der Waals surface area (Å²) in [5.74, 6) is 0.718. The van der Waals surface area contributed by atoms with E-state index in [0.29, 0.717) is 6.04 Å². The van der Waals surface area contributed by atoms with Gasteiger partial charge in [0, 0.05) is 25.4 Å². The van der Waals surface area contributed by atoms with Gasteiger partial charge in [0.05, 0.1) is 24.5 Å². The second-order valence-corrected chi connectivity index (χ2v) is 7.90. The minimum atomic E-state index is 0.0514. The Kier molecular flexibility index (Phi) is 5.25. The molecule has 0 radical (unpaired) electrons. The number of ether oxygens (including phenoxy) is 1. The Morgan fingerprint density at radius 2 is 2.04 bits per heavy atom. The summed E-state index contributed by atoms with van der Waals surface area (Å²) in [5, 5.41) is 7.46. The molecule has 1 saturated heterocycles. The normalized spacial score (nSPS) is 24.4. The first-order valence-electron chi connectivity index (χ1n) is 9.99. The molecular formula is C19H30N4O2. The van der Waals surface area contributed by atoms with E-state index in [4.69, 9.17) is 4.74 Å². The van der Waals surface area contributed by atoms with Gasteiger partial charge in [-0.05, 0) is 44.4 Å². The standard InChI is InChI=1S/C19H30N4O2/c24-19(23(12-15-8-9-15)17-5-2-1-3-6-17)21-16-11-20-22(13-16)14-18-7-4-10-25-18/h11,13,15,17-18H,1-10,12,14H2,(H,21,24)/t18-/m1/s1. The molecule has 3 fully saturated rings. The number of nitrogens with one attached hydrogen (secondary N) is 1. The Balaban J connectivity index is 1.35. The molecule has 6 nitrogen and oxygen atoms in total. The van der Waals surface area contributed by atoms with Crippen LogP contribution in [0.1, 0.15) is 57.8 Å². The van der Waals surface area contributed by atoms with Gasteiger partial charge in [-0.1, -0.05) is 19.3 Å². The van der Waals surface area contributed by atoms with Gasteiger partial charge in [-0.15, -0.1) is 0 Å². The molecule has 1 aromatic rings. The zero-order chi connectivity index (χ0) is 17.1. The van der Waals surface area contributed by atoms with Crippen LogP contribution in [0.25, 0.3) is 0 Å². The lowest BCUT2D eigenvalue weighted by Crippen LogP contribution is -2.45. The van der Waals surface area contributed by atoms with E-state index in [0.717, 1.165) is 57.0 Å². The molecule has 1 aliphatic heterocycles. The van der Waals surface area contributed by atoms with Crippen LogP contribution in [-0.4, -0.2) is 46.0 Å². The van der Waals surface area contributed by atoms with Gasteiger partial charge in [-0.25, -0.2) is 4.79 Å². The van der Waals surface area contributed by atoms with Crippen molar-refractivity contribution in [3.63, 3.8) is 0 Å². The van der Waals surface area contributed by atoms with Crippen molar-refractivity contribution in [2.75, 3.05) is 18.5 Å². The largest absolute Gasteiger partial charge is 0.376 e. The van der Waals surface area contributed by atoms with Gasteiger partial charge in [0.25, 0.3) is 0 Å². The molecule has 3 aliphatic rings. The van der Waals surface area contributed by atoms with E-state index in [1.165, 1.54) is 32.1 Å². The molecule has 0 bridgehead atoms. The molecular weight excluding hydrogens is 316 g/mol. The van der Waals surface area contributed by atoms with Crippen molar-refractivity contribution in [1.29, 1.82) is 0 Å².